The molecule has 0 amide bonds. The minimum atomic E-state index is -0.483. The van der Waals surface area contributed by atoms with Gasteiger partial charge in [-0.1, -0.05) is 25.1 Å². The summed E-state index contributed by atoms with van der Waals surface area (Å²) in [5.41, 5.74) is 6.91. The monoisotopic (exact) mass is 291 g/mol. The van der Waals surface area contributed by atoms with E-state index in [1.165, 1.54) is 6.07 Å². The second-order valence-electron chi connectivity index (χ2n) is 4.81. The third kappa shape index (κ3) is 2.67. The summed E-state index contributed by atoms with van der Waals surface area (Å²) in [4.78, 5) is 10.7. The van der Waals surface area contributed by atoms with Crippen molar-refractivity contribution in [1.82, 2.24) is 5.16 Å². The highest BCUT2D eigenvalue weighted by atomic mass is 16.6. The number of nitrogens with zero attached hydrogens (tertiary/aromatic N) is 2. The molecule has 112 valence electrons. The van der Waals surface area contributed by atoms with E-state index in [1.807, 2.05) is 13.8 Å². The molecule has 1 aromatic carbocycles. The maximum absolute atomic E-state index is 11.2. The number of benzene rings is 1. The van der Waals surface area contributed by atoms with E-state index in [2.05, 4.69) is 5.16 Å². The first-order valence-corrected chi connectivity index (χ1v) is 6.63. The van der Waals surface area contributed by atoms with Gasteiger partial charge in [0.15, 0.2) is 11.6 Å². The SMILES string of the molecule is CCOc1c(-c2onc(N)c2C(C)C)cccc1[N+](=O)[O-]. The van der Waals surface area contributed by atoms with Crippen molar-refractivity contribution in [2.24, 2.45) is 0 Å². The van der Waals surface area contributed by atoms with Gasteiger partial charge in [0, 0.05) is 11.6 Å². The molecule has 0 spiro atoms. The number of para-hydroxylation sites is 1. The van der Waals surface area contributed by atoms with Crippen LogP contribution in [0.5, 0.6) is 5.75 Å². The van der Waals surface area contributed by atoms with Gasteiger partial charge >= 0.3 is 5.69 Å². The molecule has 0 aliphatic heterocycles. The Balaban J connectivity index is 2.69. The number of rotatable bonds is 5. The fraction of sp³-hybridized carbons (Fsp3) is 0.357. The number of ether oxygens (including phenoxy) is 1. The number of hydrogen-bond donors (Lipinski definition) is 1. The molecule has 0 fully saturated rings. The van der Waals surface area contributed by atoms with Crippen LogP contribution in [0.4, 0.5) is 11.5 Å². The molecule has 1 aromatic heterocycles. The zero-order valence-corrected chi connectivity index (χ0v) is 12.1. The van der Waals surface area contributed by atoms with Crippen LogP contribution in [0.2, 0.25) is 0 Å². The van der Waals surface area contributed by atoms with Crippen LogP contribution in [0.25, 0.3) is 11.3 Å². The lowest BCUT2D eigenvalue weighted by Crippen LogP contribution is -2.01. The van der Waals surface area contributed by atoms with E-state index in [1.54, 1.807) is 19.1 Å². The molecular weight excluding hydrogens is 274 g/mol. The van der Waals surface area contributed by atoms with Crippen LogP contribution >= 0.6 is 0 Å². The number of nitro benzene ring substituents is 1. The van der Waals surface area contributed by atoms with Crippen molar-refractivity contribution in [1.29, 1.82) is 0 Å². The van der Waals surface area contributed by atoms with E-state index in [9.17, 15) is 10.1 Å². The molecule has 0 radical (unpaired) electrons. The Bertz CT molecular complexity index is 664. The van der Waals surface area contributed by atoms with Gasteiger partial charge < -0.3 is 15.0 Å². The average Bonchev–Trinajstić information content (AvgIpc) is 2.81. The molecule has 0 aliphatic rings. The summed E-state index contributed by atoms with van der Waals surface area (Å²) in [6.45, 7) is 5.96. The Kier molecular flexibility index (Phi) is 4.11. The molecule has 2 N–H and O–H groups in total. The van der Waals surface area contributed by atoms with Crippen LogP contribution in [0.15, 0.2) is 22.7 Å². The maximum atomic E-state index is 11.2. The molecule has 0 bridgehead atoms. The minimum absolute atomic E-state index is 0.0694. The number of nitrogen functional groups attached to an aromatic ring is 1. The minimum Gasteiger partial charge on any atom is -0.487 e. The largest absolute Gasteiger partial charge is 0.487 e. The van der Waals surface area contributed by atoms with Crippen molar-refractivity contribution >= 4 is 11.5 Å². The van der Waals surface area contributed by atoms with Crippen molar-refractivity contribution in [3.8, 4) is 17.1 Å². The predicted molar refractivity (Wildman–Crippen MR) is 78.3 cm³/mol. The molecule has 0 saturated carbocycles. The third-order valence-electron chi connectivity index (χ3n) is 3.06. The molecule has 21 heavy (non-hydrogen) atoms. The highest BCUT2D eigenvalue weighted by molar-refractivity contribution is 5.76. The topological polar surface area (TPSA) is 104 Å². The zero-order chi connectivity index (χ0) is 15.6. The van der Waals surface area contributed by atoms with Gasteiger partial charge in [-0.3, -0.25) is 10.1 Å². The molecule has 0 atom stereocenters. The Morgan fingerprint density at radius 3 is 2.76 bits per heavy atom. The quantitative estimate of drug-likeness (QED) is 0.669. The summed E-state index contributed by atoms with van der Waals surface area (Å²) in [5, 5.41) is 14.9. The molecule has 0 saturated heterocycles. The number of nitrogens with two attached hydrogens (primary N) is 1. The van der Waals surface area contributed by atoms with Gasteiger partial charge in [-0.05, 0) is 18.9 Å². The van der Waals surface area contributed by atoms with Crippen molar-refractivity contribution in [2.75, 3.05) is 12.3 Å². The van der Waals surface area contributed by atoms with Crippen molar-refractivity contribution in [3.63, 3.8) is 0 Å². The Labute approximate surface area is 121 Å². The van der Waals surface area contributed by atoms with Gasteiger partial charge in [0.1, 0.15) is 0 Å². The first kappa shape index (κ1) is 14.8. The fourth-order valence-electron chi connectivity index (χ4n) is 2.21. The summed E-state index contributed by atoms with van der Waals surface area (Å²) in [5.74, 6) is 0.937. The van der Waals surface area contributed by atoms with Crippen LogP contribution in [-0.2, 0) is 0 Å². The maximum Gasteiger partial charge on any atom is 0.311 e. The summed E-state index contributed by atoms with van der Waals surface area (Å²) in [7, 11) is 0. The Morgan fingerprint density at radius 2 is 2.19 bits per heavy atom. The second-order valence-corrected chi connectivity index (χ2v) is 4.81. The lowest BCUT2D eigenvalue weighted by Gasteiger charge is -2.10. The van der Waals surface area contributed by atoms with E-state index in [0.29, 0.717) is 17.9 Å². The van der Waals surface area contributed by atoms with E-state index < -0.39 is 4.92 Å². The number of nitro groups is 1. The molecule has 0 aliphatic carbocycles. The molecule has 2 rings (SSSR count). The average molecular weight is 291 g/mol. The summed E-state index contributed by atoms with van der Waals surface area (Å²) in [6, 6.07) is 4.67. The first-order valence-electron chi connectivity index (χ1n) is 6.63. The summed E-state index contributed by atoms with van der Waals surface area (Å²) < 4.78 is 10.7. The normalized spacial score (nSPS) is 10.9. The molecule has 7 nitrogen and oxygen atoms in total. The highest BCUT2D eigenvalue weighted by Gasteiger charge is 2.26. The number of hydrogen-bond acceptors (Lipinski definition) is 6. The second kappa shape index (κ2) is 5.82. The summed E-state index contributed by atoms with van der Waals surface area (Å²) in [6.07, 6.45) is 0. The van der Waals surface area contributed by atoms with Gasteiger partial charge in [0.25, 0.3) is 0 Å². The van der Waals surface area contributed by atoms with Crippen molar-refractivity contribution in [2.45, 2.75) is 26.7 Å². The van der Waals surface area contributed by atoms with Gasteiger partial charge in [-0.2, -0.15) is 0 Å². The van der Waals surface area contributed by atoms with Crippen molar-refractivity contribution < 1.29 is 14.2 Å². The van der Waals surface area contributed by atoms with Gasteiger partial charge in [-0.25, -0.2) is 0 Å². The highest BCUT2D eigenvalue weighted by Crippen LogP contribution is 2.42. The van der Waals surface area contributed by atoms with E-state index >= 15 is 0 Å². The van der Waals surface area contributed by atoms with Crippen molar-refractivity contribution in [3.05, 3.63) is 33.9 Å². The fourth-order valence-corrected chi connectivity index (χ4v) is 2.21. The standard InChI is InChI=1S/C14H17N3O4/c1-4-20-12-9(6-5-7-10(12)17(18)19)13-11(8(2)3)14(15)16-21-13/h5-8H,4H2,1-3H3,(H2,15,16). The molecule has 2 aromatic rings. The third-order valence-corrected chi connectivity index (χ3v) is 3.06. The summed E-state index contributed by atoms with van der Waals surface area (Å²) >= 11 is 0. The zero-order valence-electron chi connectivity index (χ0n) is 12.1. The smallest absolute Gasteiger partial charge is 0.311 e. The van der Waals surface area contributed by atoms with Crippen LogP contribution in [0.1, 0.15) is 32.3 Å². The lowest BCUT2D eigenvalue weighted by molar-refractivity contribution is -0.385. The predicted octanol–water partition coefficient (Wildman–Crippen LogP) is 3.35. The lowest BCUT2D eigenvalue weighted by atomic mass is 9.98. The Morgan fingerprint density at radius 1 is 1.48 bits per heavy atom. The molecule has 1 heterocycles. The molecule has 0 unspecified atom stereocenters. The van der Waals surface area contributed by atoms with E-state index in [4.69, 9.17) is 15.0 Å². The van der Waals surface area contributed by atoms with Gasteiger partial charge in [-0.15, -0.1) is 0 Å². The van der Waals surface area contributed by atoms with Crippen LogP contribution in [0.3, 0.4) is 0 Å². The van der Waals surface area contributed by atoms with Crippen LogP contribution in [0, 0.1) is 10.1 Å². The molecular formula is C14H17N3O4. The number of aromatic nitrogens is 1. The number of anilines is 1. The van der Waals surface area contributed by atoms with Crippen LogP contribution in [-0.4, -0.2) is 16.7 Å². The van der Waals surface area contributed by atoms with Gasteiger partial charge in [0.2, 0.25) is 5.75 Å². The van der Waals surface area contributed by atoms with E-state index in [-0.39, 0.29) is 23.2 Å². The van der Waals surface area contributed by atoms with Gasteiger partial charge in [0.05, 0.1) is 17.1 Å². The molecule has 7 heteroatoms. The first-order chi connectivity index (χ1) is 9.97. The van der Waals surface area contributed by atoms with Crippen LogP contribution < -0.4 is 10.5 Å². The van der Waals surface area contributed by atoms with E-state index in [0.717, 1.165) is 5.56 Å². The Hall–Kier alpha value is -2.57.